The largest absolute Gasteiger partial charge is 0.439 e. The first kappa shape index (κ1) is 12.2. The van der Waals surface area contributed by atoms with Crippen LogP contribution >= 0.6 is 0 Å². The Morgan fingerprint density at radius 2 is 1.95 bits per heavy atom. The first-order valence-electron chi connectivity index (χ1n) is 6.06. The molecule has 0 aliphatic carbocycles. The third-order valence-electron chi connectivity index (χ3n) is 2.70. The topological polar surface area (TPSA) is 78.9 Å². The highest BCUT2D eigenvalue weighted by Crippen LogP contribution is 2.22. The standard InChI is InChI=1S/C14H13N5O/c1-19-9-10(8-17-19)14-16-7-6-13(18-14)20-12-4-2-11(15)3-5-12/h2-9H,15H2,1H3. The van der Waals surface area contributed by atoms with E-state index in [1.165, 1.54) is 0 Å². The SMILES string of the molecule is Cn1cc(-c2nccc(Oc3ccc(N)cc3)n2)cn1. The summed E-state index contributed by atoms with van der Waals surface area (Å²) in [5.41, 5.74) is 7.17. The molecular weight excluding hydrogens is 254 g/mol. The normalized spacial score (nSPS) is 10.4. The number of nitrogens with zero attached hydrogens (tertiary/aromatic N) is 4. The second kappa shape index (κ2) is 5.00. The van der Waals surface area contributed by atoms with Gasteiger partial charge in [0.1, 0.15) is 5.75 Å². The van der Waals surface area contributed by atoms with Gasteiger partial charge in [0.15, 0.2) is 5.82 Å². The van der Waals surface area contributed by atoms with E-state index in [2.05, 4.69) is 15.1 Å². The monoisotopic (exact) mass is 267 g/mol. The van der Waals surface area contributed by atoms with E-state index in [9.17, 15) is 0 Å². The average Bonchev–Trinajstić information content (AvgIpc) is 2.89. The van der Waals surface area contributed by atoms with Crippen LogP contribution in [0.25, 0.3) is 11.4 Å². The van der Waals surface area contributed by atoms with E-state index in [1.54, 1.807) is 47.4 Å². The van der Waals surface area contributed by atoms with E-state index in [0.29, 0.717) is 23.1 Å². The molecule has 0 spiro atoms. The summed E-state index contributed by atoms with van der Waals surface area (Å²) >= 11 is 0. The maximum absolute atomic E-state index is 5.67. The minimum Gasteiger partial charge on any atom is -0.439 e. The smallest absolute Gasteiger partial charge is 0.222 e. The van der Waals surface area contributed by atoms with E-state index >= 15 is 0 Å². The van der Waals surface area contributed by atoms with Crippen LogP contribution in [0.1, 0.15) is 0 Å². The molecule has 0 saturated heterocycles. The number of aryl methyl sites for hydroxylation is 1. The fourth-order valence-electron chi connectivity index (χ4n) is 1.73. The molecule has 0 fully saturated rings. The zero-order chi connectivity index (χ0) is 13.9. The number of benzene rings is 1. The van der Waals surface area contributed by atoms with Crippen molar-refractivity contribution in [3.63, 3.8) is 0 Å². The van der Waals surface area contributed by atoms with E-state index < -0.39 is 0 Å². The van der Waals surface area contributed by atoms with Crippen molar-refractivity contribution in [1.82, 2.24) is 19.7 Å². The molecule has 6 nitrogen and oxygen atoms in total. The first-order chi connectivity index (χ1) is 9.70. The zero-order valence-electron chi connectivity index (χ0n) is 10.9. The van der Waals surface area contributed by atoms with Gasteiger partial charge < -0.3 is 10.5 Å². The van der Waals surface area contributed by atoms with Gasteiger partial charge in [-0.05, 0) is 24.3 Å². The van der Waals surface area contributed by atoms with Gasteiger partial charge in [-0.25, -0.2) is 4.98 Å². The Balaban J connectivity index is 1.86. The molecule has 100 valence electrons. The van der Waals surface area contributed by atoms with Crippen LogP contribution in [0.2, 0.25) is 0 Å². The summed E-state index contributed by atoms with van der Waals surface area (Å²) in [5.74, 6) is 1.73. The van der Waals surface area contributed by atoms with Crippen molar-refractivity contribution >= 4 is 5.69 Å². The molecule has 0 saturated carbocycles. The summed E-state index contributed by atoms with van der Waals surface area (Å²) in [5, 5.41) is 4.10. The lowest BCUT2D eigenvalue weighted by Gasteiger charge is -2.05. The Kier molecular flexibility index (Phi) is 3.04. The van der Waals surface area contributed by atoms with Crippen molar-refractivity contribution < 1.29 is 4.74 Å². The van der Waals surface area contributed by atoms with Gasteiger partial charge in [0.2, 0.25) is 5.88 Å². The van der Waals surface area contributed by atoms with Gasteiger partial charge in [-0.2, -0.15) is 10.1 Å². The number of anilines is 1. The highest BCUT2D eigenvalue weighted by molar-refractivity contribution is 5.52. The zero-order valence-corrected chi connectivity index (χ0v) is 10.9. The van der Waals surface area contributed by atoms with Gasteiger partial charge in [-0.1, -0.05) is 0 Å². The van der Waals surface area contributed by atoms with Gasteiger partial charge in [-0.15, -0.1) is 0 Å². The quantitative estimate of drug-likeness (QED) is 0.736. The maximum atomic E-state index is 5.67. The van der Waals surface area contributed by atoms with Crippen LogP contribution < -0.4 is 10.5 Å². The summed E-state index contributed by atoms with van der Waals surface area (Å²) in [6.45, 7) is 0. The lowest BCUT2D eigenvalue weighted by molar-refractivity contribution is 0.462. The summed E-state index contributed by atoms with van der Waals surface area (Å²) in [6.07, 6.45) is 5.21. The van der Waals surface area contributed by atoms with Crippen LogP contribution in [-0.4, -0.2) is 19.7 Å². The maximum Gasteiger partial charge on any atom is 0.222 e. The molecule has 0 atom stereocenters. The third kappa shape index (κ3) is 2.59. The molecule has 2 heterocycles. The van der Waals surface area contributed by atoms with Crippen LogP contribution in [0.3, 0.4) is 0 Å². The Hall–Kier alpha value is -2.89. The predicted octanol–water partition coefficient (Wildman–Crippen LogP) is 2.25. The van der Waals surface area contributed by atoms with Crippen molar-refractivity contribution in [1.29, 1.82) is 0 Å². The summed E-state index contributed by atoms with van der Waals surface area (Å²) in [6, 6.07) is 8.84. The Morgan fingerprint density at radius 1 is 1.15 bits per heavy atom. The van der Waals surface area contributed by atoms with Crippen molar-refractivity contribution in [2.45, 2.75) is 0 Å². The van der Waals surface area contributed by atoms with Gasteiger partial charge in [0.05, 0.1) is 11.8 Å². The highest BCUT2D eigenvalue weighted by Gasteiger charge is 2.06. The highest BCUT2D eigenvalue weighted by atomic mass is 16.5. The number of nitrogen functional groups attached to an aromatic ring is 1. The summed E-state index contributed by atoms with van der Waals surface area (Å²) in [7, 11) is 1.85. The first-order valence-corrected chi connectivity index (χ1v) is 6.06. The molecular formula is C14H13N5O. The van der Waals surface area contributed by atoms with Crippen LogP contribution in [0, 0.1) is 0 Å². The number of aromatic nitrogens is 4. The average molecular weight is 267 g/mol. The number of nitrogens with two attached hydrogens (primary N) is 1. The minimum absolute atomic E-state index is 0.476. The van der Waals surface area contributed by atoms with Crippen molar-refractivity contribution in [2.24, 2.45) is 7.05 Å². The van der Waals surface area contributed by atoms with E-state index in [-0.39, 0.29) is 0 Å². The van der Waals surface area contributed by atoms with Crippen LogP contribution in [0.5, 0.6) is 11.6 Å². The molecule has 0 aliphatic heterocycles. The fraction of sp³-hybridized carbons (Fsp3) is 0.0714. The molecule has 2 N–H and O–H groups in total. The molecule has 3 aromatic rings. The van der Waals surface area contributed by atoms with Crippen molar-refractivity contribution in [2.75, 3.05) is 5.73 Å². The molecule has 1 aromatic carbocycles. The number of ether oxygens (including phenoxy) is 1. The van der Waals surface area contributed by atoms with Crippen molar-refractivity contribution in [3.05, 3.63) is 48.9 Å². The van der Waals surface area contributed by atoms with Crippen LogP contribution in [-0.2, 0) is 7.05 Å². The van der Waals surface area contributed by atoms with E-state index in [0.717, 1.165) is 5.56 Å². The van der Waals surface area contributed by atoms with E-state index in [4.69, 9.17) is 10.5 Å². The van der Waals surface area contributed by atoms with Crippen molar-refractivity contribution in [3.8, 4) is 23.0 Å². The van der Waals surface area contributed by atoms with Gasteiger partial charge >= 0.3 is 0 Å². The molecule has 3 rings (SSSR count). The molecule has 20 heavy (non-hydrogen) atoms. The Labute approximate surface area is 115 Å². The predicted molar refractivity (Wildman–Crippen MR) is 75.2 cm³/mol. The minimum atomic E-state index is 0.476. The summed E-state index contributed by atoms with van der Waals surface area (Å²) < 4.78 is 7.37. The fourth-order valence-corrected chi connectivity index (χ4v) is 1.73. The molecule has 2 aromatic heterocycles. The third-order valence-corrected chi connectivity index (χ3v) is 2.70. The molecule has 6 heteroatoms. The Morgan fingerprint density at radius 3 is 2.65 bits per heavy atom. The number of hydrogen-bond donors (Lipinski definition) is 1. The molecule has 0 unspecified atom stereocenters. The second-order valence-electron chi connectivity index (χ2n) is 4.29. The molecule has 0 radical (unpaired) electrons. The van der Waals surface area contributed by atoms with Crippen LogP contribution in [0.15, 0.2) is 48.9 Å². The van der Waals surface area contributed by atoms with E-state index in [1.807, 2.05) is 13.2 Å². The Bertz CT molecular complexity index is 720. The number of hydrogen-bond acceptors (Lipinski definition) is 5. The molecule has 0 amide bonds. The lowest BCUT2D eigenvalue weighted by Crippen LogP contribution is -1.93. The molecule has 0 bridgehead atoms. The van der Waals surface area contributed by atoms with Gasteiger partial charge in [-0.3, -0.25) is 4.68 Å². The second-order valence-corrected chi connectivity index (χ2v) is 4.29. The van der Waals surface area contributed by atoms with Crippen LogP contribution in [0.4, 0.5) is 5.69 Å². The summed E-state index contributed by atoms with van der Waals surface area (Å²) in [4.78, 5) is 8.57. The van der Waals surface area contributed by atoms with Gasteiger partial charge in [0.25, 0.3) is 0 Å². The lowest BCUT2D eigenvalue weighted by atomic mass is 10.3. The van der Waals surface area contributed by atoms with Gasteiger partial charge in [0, 0.05) is 31.2 Å². The number of rotatable bonds is 3. The molecule has 0 aliphatic rings.